The van der Waals surface area contributed by atoms with E-state index >= 15 is 0 Å². The highest BCUT2D eigenvalue weighted by Crippen LogP contribution is 2.30. The van der Waals surface area contributed by atoms with E-state index in [0.29, 0.717) is 23.7 Å². The number of methoxy groups -OCH3 is 1. The first kappa shape index (κ1) is 15.5. The van der Waals surface area contributed by atoms with Crippen molar-refractivity contribution in [2.75, 3.05) is 13.7 Å². The summed E-state index contributed by atoms with van der Waals surface area (Å²) < 4.78 is 18.7. The van der Waals surface area contributed by atoms with E-state index in [1.165, 1.54) is 25.6 Å². The molecule has 1 amide bonds. The summed E-state index contributed by atoms with van der Waals surface area (Å²) in [6.45, 7) is 0.668. The van der Waals surface area contributed by atoms with E-state index in [1.54, 1.807) is 11.0 Å². The highest BCUT2D eigenvalue weighted by atomic mass is 19.1. The lowest BCUT2D eigenvalue weighted by Gasteiger charge is -2.34. The van der Waals surface area contributed by atoms with Crippen molar-refractivity contribution >= 4 is 5.91 Å². The third kappa shape index (κ3) is 3.33. The van der Waals surface area contributed by atoms with E-state index in [2.05, 4.69) is 15.2 Å². The molecule has 1 aromatic carbocycles. The lowest BCUT2D eigenvalue weighted by atomic mass is 10.00. The van der Waals surface area contributed by atoms with Crippen LogP contribution in [0.4, 0.5) is 4.39 Å². The Bertz CT molecular complexity index is 675. The maximum absolute atomic E-state index is 13.5. The van der Waals surface area contributed by atoms with Gasteiger partial charge < -0.3 is 9.64 Å². The number of aromatic nitrogens is 3. The molecule has 1 aliphatic rings. The summed E-state index contributed by atoms with van der Waals surface area (Å²) in [6.07, 6.45) is 4.39. The molecule has 1 aliphatic heterocycles. The molecule has 23 heavy (non-hydrogen) atoms. The molecule has 1 aromatic heterocycles. The number of halogens is 1. The molecule has 0 saturated carbocycles. The van der Waals surface area contributed by atoms with E-state index in [0.717, 1.165) is 19.3 Å². The van der Waals surface area contributed by atoms with E-state index in [1.807, 2.05) is 0 Å². The van der Waals surface area contributed by atoms with Gasteiger partial charge >= 0.3 is 0 Å². The fourth-order valence-corrected chi connectivity index (χ4v) is 3.04. The number of hydrogen-bond donors (Lipinski definition) is 1. The summed E-state index contributed by atoms with van der Waals surface area (Å²) in [5.41, 5.74) is 0.555. The maximum atomic E-state index is 13.5. The highest BCUT2D eigenvalue weighted by molar-refractivity contribution is 5.80. The number of piperidine rings is 1. The van der Waals surface area contributed by atoms with Crippen LogP contribution in [0.3, 0.4) is 0 Å². The molecule has 6 nitrogen and oxygen atoms in total. The van der Waals surface area contributed by atoms with Gasteiger partial charge in [-0.05, 0) is 37.5 Å². The van der Waals surface area contributed by atoms with Gasteiger partial charge in [-0.1, -0.05) is 0 Å². The number of carbonyl (C=O) groups excluding carboxylic acids is 1. The van der Waals surface area contributed by atoms with Crippen LogP contribution >= 0.6 is 0 Å². The molecule has 1 N–H and O–H groups in total. The smallest absolute Gasteiger partial charge is 0.227 e. The lowest BCUT2D eigenvalue weighted by molar-refractivity contribution is -0.134. The van der Waals surface area contributed by atoms with Crippen LogP contribution in [0.5, 0.6) is 5.75 Å². The summed E-state index contributed by atoms with van der Waals surface area (Å²) in [4.78, 5) is 18.7. The standard InChI is InChI=1S/C16H19FN4O2/c1-23-14-6-5-12(17)8-11(14)9-15(22)21-7-3-2-4-13(21)16-18-10-19-20-16/h5-6,8,10,13H,2-4,7,9H2,1H3,(H,18,19,20). The number of likely N-dealkylation sites (tertiary alicyclic amines) is 1. The van der Waals surface area contributed by atoms with Crippen LogP contribution in [0.25, 0.3) is 0 Å². The van der Waals surface area contributed by atoms with Gasteiger partial charge in [-0.2, -0.15) is 5.10 Å². The Balaban J connectivity index is 1.80. The fourth-order valence-electron chi connectivity index (χ4n) is 3.04. The van der Waals surface area contributed by atoms with Crippen molar-refractivity contribution in [2.24, 2.45) is 0 Å². The van der Waals surface area contributed by atoms with Crippen LogP contribution in [0.1, 0.15) is 36.7 Å². The first-order valence-corrected chi connectivity index (χ1v) is 7.66. The van der Waals surface area contributed by atoms with Crippen molar-refractivity contribution in [3.63, 3.8) is 0 Å². The first-order chi connectivity index (χ1) is 11.2. The second-order valence-corrected chi connectivity index (χ2v) is 5.60. The average molecular weight is 318 g/mol. The van der Waals surface area contributed by atoms with Crippen LogP contribution in [0.15, 0.2) is 24.5 Å². The molecule has 0 aliphatic carbocycles. The molecule has 0 bridgehead atoms. The number of nitrogens with one attached hydrogen (secondary N) is 1. The van der Waals surface area contributed by atoms with Crippen LogP contribution in [0, 0.1) is 5.82 Å². The van der Waals surface area contributed by atoms with Crippen molar-refractivity contribution < 1.29 is 13.9 Å². The number of rotatable bonds is 4. The summed E-state index contributed by atoms with van der Waals surface area (Å²) in [6, 6.07) is 4.12. The predicted molar refractivity (Wildman–Crippen MR) is 81.3 cm³/mol. The number of ether oxygens (including phenoxy) is 1. The molecule has 0 radical (unpaired) electrons. The molecule has 3 rings (SSSR count). The Morgan fingerprint density at radius 1 is 1.48 bits per heavy atom. The minimum absolute atomic E-state index is 0.0602. The van der Waals surface area contributed by atoms with Gasteiger partial charge in [0.25, 0.3) is 0 Å². The van der Waals surface area contributed by atoms with Crippen LogP contribution in [0.2, 0.25) is 0 Å². The Kier molecular flexibility index (Phi) is 4.55. The number of hydrogen-bond acceptors (Lipinski definition) is 4. The van der Waals surface area contributed by atoms with Crippen molar-refractivity contribution in [1.82, 2.24) is 20.1 Å². The highest BCUT2D eigenvalue weighted by Gasteiger charge is 2.30. The Morgan fingerprint density at radius 2 is 2.35 bits per heavy atom. The van der Waals surface area contributed by atoms with Crippen molar-refractivity contribution in [1.29, 1.82) is 0 Å². The van der Waals surface area contributed by atoms with Gasteiger partial charge in [-0.25, -0.2) is 9.37 Å². The number of carbonyl (C=O) groups is 1. The third-order valence-corrected chi connectivity index (χ3v) is 4.16. The monoisotopic (exact) mass is 318 g/mol. The number of benzene rings is 1. The second kappa shape index (κ2) is 6.76. The van der Waals surface area contributed by atoms with Crippen molar-refractivity contribution in [3.8, 4) is 5.75 Å². The van der Waals surface area contributed by atoms with Gasteiger partial charge in [-0.15, -0.1) is 0 Å². The Hall–Kier alpha value is -2.44. The van der Waals surface area contributed by atoms with Gasteiger partial charge in [0.05, 0.1) is 19.6 Å². The molecule has 1 fully saturated rings. The summed E-state index contributed by atoms with van der Waals surface area (Å²) in [7, 11) is 1.51. The fraction of sp³-hybridized carbons (Fsp3) is 0.438. The number of nitrogens with zero attached hydrogens (tertiary/aromatic N) is 3. The summed E-state index contributed by atoms with van der Waals surface area (Å²) in [5, 5.41) is 6.72. The molecule has 0 spiro atoms. The minimum atomic E-state index is -0.376. The normalized spacial score (nSPS) is 18.0. The molecule has 7 heteroatoms. The quantitative estimate of drug-likeness (QED) is 0.938. The molecule has 2 aromatic rings. The molecule has 2 heterocycles. The molecule has 1 unspecified atom stereocenters. The number of aromatic amines is 1. The van der Waals surface area contributed by atoms with Gasteiger partial charge in [0.1, 0.15) is 23.7 Å². The molecule has 1 saturated heterocycles. The van der Waals surface area contributed by atoms with Gasteiger partial charge in [-0.3, -0.25) is 9.89 Å². The maximum Gasteiger partial charge on any atom is 0.227 e. The van der Waals surface area contributed by atoms with E-state index < -0.39 is 0 Å². The number of H-pyrrole nitrogens is 1. The van der Waals surface area contributed by atoms with Crippen molar-refractivity contribution in [2.45, 2.75) is 31.7 Å². The molecule has 1 atom stereocenters. The predicted octanol–water partition coefficient (Wildman–Crippen LogP) is 2.25. The second-order valence-electron chi connectivity index (χ2n) is 5.60. The summed E-state index contributed by atoms with van der Waals surface area (Å²) in [5.74, 6) is 0.784. The van der Waals surface area contributed by atoms with Gasteiger partial charge in [0.2, 0.25) is 5.91 Å². The number of amides is 1. The lowest BCUT2D eigenvalue weighted by Crippen LogP contribution is -2.39. The SMILES string of the molecule is COc1ccc(F)cc1CC(=O)N1CCCCC1c1ncn[nH]1. The molecular formula is C16H19FN4O2. The van der Waals surface area contributed by atoms with Crippen LogP contribution in [-0.2, 0) is 11.2 Å². The van der Waals surface area contributed by atoms with E-state index in [9.17, 15) is 9.18 Å². The average Bonchev–Trinajstić information content (AvgIpc) is 3.09. The van der Waals surface area contributed by atoms with Crippen molar-refractivity contribution in [3.05, 3.63) is 41.7 Å². The largest absolute Gasteiger partial charge is 0.496 e. The Morgan fingerprint density at radius 3 is 3.09 bits per heavy atom. The first-order valence-electron chi connectivity index (χ1n) is 7.66. The van der Waals surface area contributed by atoms with E-state index in [-0.39, 0.29) is 24.2 Å². The zero-order valence-electron chi connectivity index (χ0n) is 13.0. The zero-order valence-corrected chi connectivity index (χ0v) is 13.0. The van der Waals surface area contributed by atoms with Gasteiger partial charge in [0, 0.05) is 12.1 Å². The third-order valence-electron chi connectivity index (χ3n) is 4.16. The zero-order chi connectivity index (χ0) is 16.2. The minimum Gasteiger partial charge on any atom is -0.496 e. The van der Waals surface area contributed by atoms with E-state index in [4.69, 9.17) is 4.74 Å². The van der Waals surface area contributed by atoms with Crippen LogP contribution in [-0.4, -0.2) is 39.6 Å². The van der Waals surface area contributed by atoms with Gasteiger partial charge in [0.15, 0.2) is 0 Å². The summed E-state index contributed by atoms with van der Waals surface area (Å²) >= 11 is 0. The topological polar surface area (TPSA) is 71.1 Å². The Labute approximate surface area is 133 Å². The van der Waals surface area contributed by atoms with Crippen LogP contribution < -0.4 is 4.74 Å². The molecular weight excluding hydrogens is 299 g/mol. The molecule has 122 valence electrons.